The predicted molar refractivity (Wildman–Crippen MR) is 146 cm³/mol. The van der Waals surface area contributed by atoms with Gasteiger partial charge < -0.3 is 15.2 Å². The molecule has 1 saturated heterocycles. The number of piperidine rings is 1. The van der Waals surface area contributed by atoms with Gasteiger partial charge in [0, 0.05) is 17.7 Å². The summed E-state index contributed by atoms with van der Waals surface area (Å²) in [5, 5.41) is 13.0. The minimum absolute atomic E-state index is 0.293. The van der Waals surface area contributed by atoms with Gasteiger partial charge in [-0.3, -0.25) is 0 Å². The zero-order valence-electron chi connectivity index (χ0n) is 23.6. The Morgan fingerprint density at radius 2 is 1.21 bits per heavy atom. The van der Waals surface area contributed by atoms with Crippen molar-refractivity contribution in [3.05, 3.63) is 0 Å². The SMILES string of the molecule is CCCOC(CCCCCCCCCCCCCCCCC1CC(C)(C)NC(C)(C)C1)C(=O)O. The summed E-state index contributed by atoms with van der Waals surface area (Å²) in [5.41, 5.74) is 0.586. The molecule has 0 spiro atoms. The molecule has 0 aromatic rings. The number of carbonyl (C=O) groups is 1. The third-order valence-electron chi connectivity index (χ3n) is 7.40. The summed E-state index contributed by atoms with van der Waals surface area (Å²) in [6.07, 6.45) is 23.6. The number of unbranched alkanes of at least 4 members (excludes halogenated alkanes) is 13. The fourth-order valence-electron chi connectivity index (χ4n) is 6.16. The standard InChI is InChI=1S/C30H59NO3/c1-6-23-34-27(28(32)33)22-20-18-16-14-12-10-8-7-9-11-13-15-17-19-21-26-24-29(2,3)31-30(4,5)25-26/h26-27,31H,6-25H2,1-5H3,(H,32,33). The van der Waals surface area contributed by atoms with Crippen LogP contribution >= 0.6 is 0 Å². The minimum Gasteiger partial charge on any atom is -0.479 e. The van der Waals surface area contributed by atoms with Crippen LogP contribution in [0.25, 0.3) is 0 Å². The Balaban J connectivity index is 1.85. The van der Waals surface area contributed by atoms with E-state index >= 15 is 0 Å². The van der Waals surface area contributed by atoms with Gasteiger partial charge in [0.1, 0.15) is 0 Å². The van der Waals surface area contributed by atoms with E-state index in [1.54, 1.807) is 0 Å². The molecule has 0 aromatic heterocycles. The van der Waals surface area contributed by atoms with Crippen LogP contribution in [0.5, 0.6) is 0 Å². The molecule has 1 atom stereocenters. The fourth-order valence-corrected chi connectivity index (χ4v) is 6.16. The largest absolute Gasteiger partial charge is 0.479 e. The number of ether oxygens (including phenoxy) is 1. The Kier molecular flexibility index (Phi) is 16.4. The van der Waals surface area contributed by atoms with Crippen LogP contribution in [0, 0.1) is 5.92 Å². The highest BCUT2D eigenvalue weighted by molar-refractivity contribution is 5.72. The van der Waals surface area contributed by atoms with Gasteiger partial charge >= 0.3 is 5.97 Å². The smallest absolute Gasteiger partial charge is 0.332 e. The molecule has 1 rings (SSSR count). The summed E-state index contributed by atoms with van der Waals surface area (Å²) in [5.74, 6) is 0.0895. The van der Waals surface area contributed by atoms with Gasteiger partial charge in [0.05, 0.1) is 0 Å². The van der Waals surface area contributed by atoms with Crippen LogP contribution in [-0.4, -0.2) is 34.9 Å². The number of hydrogen-bond donors (Lipinski definition) is 2. The molecule has 1 heterocycles. The van der Waals surface area contributed by atoms with Crippen molar-refractivity contribution in [2.24, 2.45) is 5.92 Å². The van der Waals surface area contributed by atoms with Gasteiger partial charge in [0.25, 0.3) is 0 Å². The third-order valence-corrected chi connectivity index (χ3v) is 7.40. The van der Waals surface area contributed by atoms with Crippen LogP contribution in [0.2, 0.25) is 0 Å². The minimum atomic E-state index is -0.807. The molecule has 0 radical (unpaired) electrons. The molecule has 0 saturated carbocycles. The molecule has 1 unspecified atom stereocenters. The third kappa shape index (κ3) is 16.1. The van der Waals surface area contributed by atoms with Gasteiger partial charge in [0.2, 0.25) is 0 Å². The average Bonchev–Trinajstić information content (AvgIpc) is 2.73. The van der Waals surface area contributed by atoms with Crippen molar-refractivity contribution in [3.63, 3.8) is 0 Å². The van der Waals surface area contributed by atoms with Gasteiger partial charge in [0.15, 0.2) is 6.10 Å². The first-order chi connectivity index (χ1) is 16.2. The van der Waals surface area contributed by atoms with E-state index in [0.717, 1.165) is 25.2 Å². The first kappa shape index (κ1) is 31.4. The monoisotopic (exact) mass is 481 g/mol. The molecule has 4 heteroatoms. The lowest BCUT2D eigenvalue weighted by molar-refractivity contribution is -0.150. The second-order valence-corrected chi connectivity index (χ2v) is 12.4. The van der Waals surface area contributed by atoms with Crippen molar-refractivity contribution in [2.45, 2.75) is 174 Å². The number of carboxylic acid groups (broad SMARTS) is 1. The molecule has 0 amide bonds. The molecule has 0 bridgehead atoms. The van der Waals surface area contributed by atoms with Crippen LogP contribution < -0.4 is 5.32 Å². The van der Waals surface area contributed by atoms with Crippen molar-refractivity contribution in [2.75, 3.05) is 6.61 Å². The fraction of sp³-hybridized carbons (Fsp3) is 0.967. The summed E-state index contributed by atoms with van der Waals surface area (Å²) in [6, 6.07) is 0. The van der Waals surface area contributed by atoms with Crippen molar-refractivity contribution in [1.82, 2.24) is 5.32 Å². The van der Waals surface area contributed by atoms with Crippen LogP contribution in [0.3, 0.4) is 0 Å². The lowest BCUT2D eigenvalue weighted by Crippen LogP contribution is -2.57. The quantitative estimate of drug-likeness (QED) is 0.161. The Labute approximate surface area is 212 Å². The Hall–Kier alpha value is -0.610. The molecule has 1 fully saturated rings. The summed E-state index contributed by atoms with van der Waals surface area (Å²) >= 11 is 0. The van der Waals surface area contributed by atoms with Crippen molar-refractivity contribution < 1.29 is 14.6 Å². The molecule has 0 aromatic carbocycles. The second kappa shape index (κ2) is 17.8. The Morgan fingerprint density at radius 1 is 0.794 bits per heavy atom. The number of carboxylic acids is 1. The first-order valence-corrected chi connectivity index (χ1v) is 14.8. The van der Waals surface area contributed by atoms with E-state index in [4.69, 9.17) is 9.84 Å². The van der Waals surface area contributed by atoms with Gasteiger partial charge in [-0.1, -0.05) is 103 Å². The number of nitrogens with one attached hydrogen (secondary N) is 1. The van der Waals surface area contributed by atoms with Crippen LogP contribution in [0.4, 0.5) is 0 Å². The van der Waals surface area contributed by atoms with Crippen molar-refractivity contribution >= 4 is 5.97 Å². The van der Waals surface area contributed by atoms with E-state index in [1.165, 1.54) is 96.3 Å². The topological polar surface area (TPSA) is 58.6 Å². The summed E-state index contributed by atoms with van der Waals surface area (Å²) in [4.78, 5) is 11.2. The van der Waals surface area contributed by atoms with E-state index < -0.39 is 12.1 Å². The number of aliphatic carboxylic acids is 1. The lowest BCUT2D eigenvalue weighted by Gasteiger charge is -2.46. The molecule has 2 N–H and O–H groups in total. The summed E-state index contributed by atoms with van der Waals surface area (Å²) < 4.78 is 5.41. The van der Waals surface area contributed by atoms with E-state index in [0.29, 0.717) is 24.1 Å². The van der Waals surface area contributed by atoms with E-state index in [-0.39, 0.29) is 0 Å². The maximum absolute atomic E-state index is 11.2. The molecule has 1 aliphatic rings. The highest BCUT2D eigenvalue weighted by Gasteiger charge is 2.37. The number of rotatable bonds is 21. The second-order valence-electron chi connectivity index (χ2n) is 12.4. The molecule has 4 nitrogen and oxygen atoms in total. The van der Waals surface area contributed by atoms with E-state index in [1.807, 2.05) is 6.92 Å². The van der Waals surface area contributed by atoms with Crippen molar-refractivity contribution in [1.29, 1.82) is 0 Å². The van der Waals surface area contributed by atoms with Gasteiger partial charge in [-0.15, -0.1) is 0 Å². The molecule has 34 heavy (non-hydrogen) atoms. The lowest BCUT2D eigenvalue weighted by atomic mass is 9.74. The van der Waals surface area contributed by atoms with Crippen LogP contribution in [0.15, 0.2) is 0 Å². The maximum atomic E-state index is 11.2. The highest BCUT2D eigenvalue weighted by Crippen LogP contribution is 2.35. The van der Waals surface area contributed by atoms with Crippen LogP contribution in [0.1, 0.15) is 157 Å². The van der Waals surface area contributed by atoms with Gasteiger partial charge in [-0.2, -0.15) is 0 Å². The molecule has 1 aliphatic heterocycles. The van der Waals surface area contributed by atoms with Crippen molar-refractivity contribution in [3.8, 4) is 0 Å². The molecule has 0 aliphatic carbocycles. The Bertz CT molecular complexity index is 501. The van der Waals surface area contributed by atoms with Crippen LogP contribution in [-0.2, 0) is 9.53 Å². The number of hydrogen-bond acceptors (Lipinski definition) is 3. The van der Waals surface area contributed by atoms with E-state index in [2.05, 4.69) is 33.0 Å². The van der Waals surface area contributed by atoms with Gasteiger partial charge in [-0.05, 0) is 59.3 Å². The maximum Gasteiger partial charge on any atom is 0.332 e. The highest BCUT2D eigenvalue weighted by atomic mass is 16.5. The summed E-state index contributed by atoms with van der Waals surface area (Å²) in [7, 11) is 0. The molecule has 202 valence electrons. The predicted octanol–water partition coefficient (Wildman–Crippen LogP) is 8.66. The zero-order valence-corrected chi connectivity index (χ0v) is 23.6. The zero-order chi connectivity index (χ0) is 25.3. The average molecular weight is 482 g/mol. The normalized spacial score (nSPS) is 18.7. The first-order valence-electron chi connectivity index (χ1n) is 14.8. The Morgan fingerprint density at radius 3 is 1.62 bits per heavy atom. The molecular weight excluding hydrogens is 422 g/mol. The summed E-state index contributed by atoms with van der Waals surface area (Å²) in [6.45, 7) is 12.0. The van der Waals surface area contributed by atoms with E-state index in [9.17, 15) is 4.79 Å². The van der Waals surface area contributed by atoms with Gasteiger partial charge in [-0.25, -0.2) is 4.79 Å². The molecular formula is C30H59NO3.